The normalized spacial score (nSPS) is 10.2. The fourth-order valence-electron chi connectivity index (χ4n) is 0.983. The van der Waals surface area contributed by atoms with Crippen molar-refractivity contribution in [1.29, 1.82) is 0 Å². The van der Waals surface area contributed by atoms with Gasteiger partial charge in [0.1, 0.15) is 5.82 Å². The monoisotopic (exact) mass is 247 g/mol. The van der Waals surface area contributed by atoms with Crippen LogP contribution in [0.2, 0.25) is 0 Å². The summed E-state index contributed by atoms with van der Waals surface area (Å²) in [6.45, 7) is 2.24. The number of aliphatic hydroxyl groups excluding tert-OH is 1. The van der Waals surface area contributed by atoms with E-state index in [2.05, 4.69) is 21.2 Å². The van der Waals surface area contributed by atoms with Crippen molar-refractivity contribution >= 4 is 21.6 Å². The fraction of sp³-hybridized carbons (Fsp3) is 0.333. The van der Waals surface area contributed by atoms with Crippen LogP contribution in [-0.4, -0.2) is 18.3 Å². The molecule has 2 N–H and O–H groups in total. The molecule has 0 saturated heterocycles. The van der Waals surface area contributed by atoms with Crippen molar-refractivity contribution in [3.05, 3.63) is 28.0 Å². The van der Waals surface area contributed by atoms with E-state index in [9.17, 15) is 4.39 Å². The molecule has 4 heteroatoms. The zero-order valence-corrected chi connectivity index (χ0v) is 8.86. The second-order valence-corrected chi connectivity index (χ2v) is 3.59. The van der Waals surface area contributed by atoms with E-state index in [-0.39, 0.29) is 12.4 Å². The van der Waals surface area contributed by atoms with Crippen LogP contribution in [0.3, 0.4) is 0 Å². The first kappa shape index (κ1) is 10.5. The molecule has 13 heavy (non-hydrogen) atoms. The van der Waals surface area contributed by atoms with Gasteiger partial charge in [-0.1, -0.05) is 15.9 Å². The van der Waals surface area contributed by atoms with E-state index >= 15 is 0 Å². The van der Waals surface area contributed by atoms with Gasteiger partial charge >= 0.3 is 0 Å². The second-order valence-electron chi connectivity index (χ2n) is 2.73. The number of hydrogen-bond donors (Lipinski definition) is 2. The first-order valence-corrected chi connectivity index (χ1v) is 4.75. The summed E-state index contributed by atoms with van der Waals surface area (Å²) in [5, 5.41) is 11.3. The van der Waals surface area contributed by atoms with Crippen molar-refractivity contribution in [1.82, 2.24) is 0 Å². The summed E-state index contributed by atoms with van der Waals surface area (Å²) in [4.78, 5) is 0. The summed E-state index contributed by atoms with van der Waals surface area (Å²) in [7, 11) is 0. The van der Waals surface area contributed by atoms with Crippen molar-refractivity contribution in [2.45, 2.75) is 6.92 Å². The topological polar surface area (TPSA) is 32.3 Å². The van der Waals surface area contributed by atoms with Gasteiger partial charge in [-0.3, -0.25) is 0 Å². The Morgan fingerprint density at radius 1 is 1.54 bits per heavy atom. The highest BCUT2D eigenvalue weighted by Crippen LogP contribution is 2.23. The highest BCUT2D eigenvalue weighted by atomic mass is 79.9. The molecule has 0 amide bonds. The summed E-state index contributed by atoms with van der Waals surface area (Å²) in [5.74, 6) is -0.314. The zero-order valence-electron chi connectivity index (χ0n) is 7.27. The lowest BCUT2D eigenvalue weighted by atomic mass is 10.2. The van der Waals surface area contributed by atoms with Crippen molar-refractivity contribution in [2.24, 2.45) is 0 Å². The largest absolute Gasteiger partial charge is 0.395 e. The standard InChI is InChI=1S/C9H11BrFNO/c1-6-4-9(12-2-3-13)8(11)5-7(6)10/h4-5,12-13H,2-3H2,1H3. The maximum absolute atomic E-state index is 13.2. The highest BCUT2D eigenvalue weighted by Gasteiger charge is 2.04. The van der Waals surface area contributed by atoms with Crippen molar-refractivity contribution in [2.75, 3.05) is 18.5 Å². The first-order valence-electron chi connectivity index (χ1n) is 3.95. The molecule has 0 aliphatic heterocycles. The van der Waals surface area contributed by atoms with E-state index in [1.807, 2.05) is 6.92 Å². The molecule has 1 aromatic rings. The van der Waals surface area contributed by atoms with Crippen LogP contribution in [-0.2, 0) is 0 Å². The molecule has 0 atom stereocenters. The average Bonchev–Trinajstić information content (AvgIpc) is 2.09. The Hall–Kier alpha value is -0.610. The Morgan fingerprint density at radius 2 is 2.23 bits per heavy atom. The van der Waals surface area contributed by atoms with Gasteiger partial charge in [-0.15, -0.1) is 0 Å². The third-order valence-electron chi connectivity index (χ3n) is 1.68. The molecule has 0 saturated carbocycles. The third-order valence-corrected chi connectivity index (χ3v) is 2.53. The number of benzene rings is 1. The number of aliphatic hydroxyl groups is 1. The van der Waals surface area contributed by atoms with Gasteiger partial charge in [0.05, 0.1) is 12.3 Å². The van der Waals surface area contributed by atoms with Crippen LogP contribution >= 0.6 is 15.9 Å². The Kier molecular flexibility index (Phi) is 3.69. The third kappa shape index (κ3) is 2.67. The van der Waals surface area contributed by atoms with Gasteiger partial charge in [-0.25, -0.2) is 4.39 Å². The summed E-state index contributed by atoms with van der Waals surface area (Å²) >= 11 is 3.23. The quantitative estimate of drug-likeness (QED) is 0.860. The molecule has 2 nitrogen and oxygen atoms in total. The molecule has 0 unspecified atom stereocenters. The van der Waals surface area contributed by atoms with Crippen LogP contribution in [0.5, 0.6) is 0 Å². The molecule has 1 rings (SSSR count). The molecule has 0 aliphatic rings. The minimum absolute atomic E-state index is 0.00541. The lowest BCUT2D eigenvalue weighted by Gasteiger charge is -2.07. The average molecular weight is 248 g/mol. The smallest absolute Gasteiger partial charge is 0.147 e. The lowest BCUT2D eigenvalue weighted by Crippen LogP contribution is -2.07. The molecular formula is C9H11BrFNO. The van der Waals surface area contributed by atoms with Crippen LogP contribution < -0.4 is 5.32 Å². The van der Waals surface area contributed by atoms with E-state index in [1.165, 1.54) is 6.07 Å². The van der Waals surface area contributed by atoms with Crippen molar-refractivity contribution in [3.8, 4) is 0 Å². The van der Waals surface area contributed by atoms with Gasteiger partial charge in [-0.05, 0) is 24.6 Å². The molecule has 0 aliphatic carbocycles. The van der Waals surface area contributed by atoms with Gasteiger partial charge in [-0.2, -0.15) is 0 Å². The number of nitrogens with one attached hydrogen (secondary N) is 1. The molecule has 0 heterocycles. The Labute approximate surface area is 84.9 Å². The maximum Gasteiger partial charge on any atom is 0.147 e. The van der Waals surface area contributed by atoms with Gasteiger partial charge in [0.15, 0.2) is 0 Å². The molecule has 0 spiro atoms. The molecule has 0 fully saturated rings. The summed E-state index contributed by atoms with van der Waals surface area (Å²) in [6.07, 6.45) is 0. The van der Waals surface area contributed by atoms with Gasteiger partial charge < -0.3 is 10.4 Å². The van der Waals surface area contributed by atoms with Crippen LogP contribution in [0, 0.1) is 12.7 Å². The van der Waals surface area contributed by atoms with Gasteiger partial charge in [0, 0.05) is 11.0 Å². The molecular weight excluding hydrogens is 237 g/mol. The van der Waals surface area contributed by atoms with Crippen LogP contribution in [0.25, 0.3) is 0 Å². The van der Waals surface area contributed by atoms with E-state index in [0.717, 1.165) is 10.0 Å². The number of anilines is 1. The minimum atomic E-state index is -0.314. The molecule has 0 aromatic heterocycles. The minimum Gasteiger partial charge on any atom is -0.395 e. The zero-order chi connectivity index (χ0) is 9.84. The van der Waals surface area contributed by atoms with Gasteiger partial charge in [0.2, 0.25) is 0 Å². The van der Waals surface area contributed by atoms with Crippen molar-refractivity contribution < 1.29 is 9.50 Å². The SMILES string of the molecule is Cc1cc(NCCO)c(F)cc1Br. The van der Waals surface area contributed by atoms with Crippen molar-refractivity contribution in [3.63, 3.8) is 0 Å². The van der Waals surface area contributed by atoms with Gasteiger partial charge in [0.25, 0.3) is 0 Å². The second kappa shape index (κ2) is 4.58. The molecule has 0 bridgehead atoms. The predicted molar refractivity (Wildman–Crippen MR) is 54.4 cm³/mol. The Bertz CT molecular complexity index is 304. The first-order chi connectivity index (χ1) is 6.15. The number of halogens is 2. The fourth-order valence-corrected chi connectivity index (χ4v) is 1.30. The summed E-state index contributed by atoms with van der Waals surface area (Å²) in [6, 6.07) is 3.12. The number of hydrogen-bond acceptors (Lipinski definition) is 2. The molecule has 0 radical (unpaired) electrons. The Balaban J connectivity index is 2.88. The van der Waals surface area contributed by atoms with E-state index in [0.29, 0.717) is 12.2 Å². The summed E-state index contributed by atoms with van der Waals surface area (Å²) < 4.78 is 13.9. The van der Waals surface area contributed by atoms with Crippen LogP contribution in [0.4, 0.5) is 10.1 Å². The summed E-state index contributed by atoms with van der Waals surface area (Å²) in [5.41, 5.74) is 1.39. The van der Waals surface area contributed by atoms with E-state index in [1.54, 1.807) is 6.07 Å². The molecule has 1 aromatic carbocycles. The van der Waals surface area contributed by atoms with E-state index in [4.69, 9.17) is 5.11 Å². The number of aryl methyl sites for hydroxylation is 1. The van der Waals surface area contributed by atoms with E-state index < -0.39 is 0 Å². The maximum atomic E-state index is 13.2. The lowest BCUT2D eigenvalue weighted by molar-refractivity contribution is 0.311. The van der Waals surface area contributed by atoms with Crippen LogP contribution in [0.15, 0.2) is 16.6 Å². The number of rotatable bonds is 3. The molecule has 72 valence electrons. The van der Waals surface area contributed by atoms with Crippen LogP contribution in [0.1, 0.15) is 5.56 Å². The predicted octanol–water partition coefficient (Wildman–Crippen LogP) is 2.30. The Morgan fingerprint density at radius 3 is 2.85 bits per heavy atom. The highest BCUT2D eigenvalue weighted by molar-refractivity contribution is 9.10.